The minimum atomic E-state index is -0.313. The van der Waals surface area contributed by atoms with E-state index in [1.54, 1.807) is 12.1 Å². The van der Waals surface area contributed by atoms with Crippen LogP contribution in [0.2, 0.25) is 0 Å². The van der Waals surface area contributed by atoms with Crippen molar-refractivity contribution in [2.24, 2.45) is 0 Å². The van der Waals surface area contributed by atoms with E-state index < -0.39 is 0 Å². The Labute approximate surface area is 162 Å². The highest BCUT2D eigenvalue weighted by atomic mass is 19.1. The van der Waals surface area contributed by atoms with Crippen molar-refractivity contribution in [1.29, 1.82) is 0 Å². The number of nitrogens with one attached hydrogen (secondary N) is 1. The number of aromatic nitrogens is 3. The molecule has 0 saturated heterocycles. The van der Waals surface area contributed by atoms with E-state index in [9.17, 15) is 9.18 Å². The Morgan fingerprint density at radius 3 is 2.68 bits per heavy atom. The first-order valence-corrected chi connectivity index (χ1v) is 9.57. The molecule has 0 aliphatic heterocycles. The molecule has 4 rings (SSSR count). The molecule has 1 saturated carbocycles. The van der Waals surface area contributed by atoms with Crippen molar-refractivity contribution < 1.29 is 13.7 Å². The number of hydrogen-bond donors (Lipinski definition) is 1. The molecule has 1 amide bonds. The lowest BCUT2D eigenvalue weighted by atomic mass is 10.2. The number of hydrogen-bond acceptors (Lipinski definition) is 4. The van der Waals surface area contributed by atoms with Crippen LogP contribution in [0.15, 0.2) is 34.9 Å². The number of nitrogens with zero attached hydrogens (tertiary/aromatic N) is 3. The first-order valence-electron chi connectivity index (χ1n) is 9.57. The molecular formula is C21H23FN4O2. The number of halogens is 1. The molecule has 146 valence electrons. The fourth-order valence-electron chi connectivity index (χ4n) is 3.80. The van der Waals surface area contributed by atoms with Gasteiger partial charge in [-0.15, -0.1) is 0 Å². The minimum Gasteiger partial charge on any atom is -0.352 e. The summed E-state index contributed by atoms with van der Waals surface area (Å²) in [4.78, 5) is 16.9. The molecule has 0 atom stereocenters. The highest BCUT2D eigenvalue weighted by Gasteiger charge is 2.21. The third kappa shape index (κ3) is 3.69. The van der Waals surface area contributed by atoms with Crippen LogP contribution in [0.25, 0.3) is 22.8 Å². The van der Waals surface area contributed by atoms with Gasteiger partial charge in [0.1, 0.15) is 12.4 Å². The number of benzene rings is 1. The van der Waals surface area contributed by atoms with Gasteiger partial charge in [-0.2, -0.15) is 4.98 Å². The maximum Gasteiger partial charge on any atom is 0.260 e. The molecule has 7 heteroatoms. The molecule has 2 heterocycles. The van der Waals surface area contributed by atoms with Crippen molar-refractivity contribution in [2.45, 2.75) is 52.1 Å². The van der Waals surface area contributed by atoms with Crippen molar-refractivity contribution in [3.63, 3.8) is 0 Å². The number of aryl methyl sites for hydroxylation is 1. The van der Waals surface area contributed by atoms with Crippen LogP contribution in [-0.2, 0) is 11.3 Å². The molecule has 1 aliphatic rings. The van der Waals surface area contributed by atoms with Gasteiger partial charge < -0.3 is 14.4 Å². The van der Waals surface area contributed by atoms with Gasteiger partial charge in [0.25, 0.3) is 5.89 Å². The number of amides is 1. The quantitative estimate of drug-likeness (QED) is 0.723. The first kappa shape index (κ1) is 18.4. The van der Waals surface area contributed by atoms with E-state index in [0.717, 1.165) is 29.8 Å². The maximum absolute atomic E-state index is 13.1. The Morgan fingerprint density at radius 1 is 1.25 bits per heavy atom. The van der Waals surface area contributed by atoms with E-state index in [1.807, 2.05) is 24.5 Å². The van der Waals surface area contributed by atoms with Gasteiger partial charge in [0, 0.05) is 23.0 Å². The molecule has 2 aromatic heterocycles. The Morgan fingerprint density at radius 2 is 1.96 bits per heavy atom. The van der Waals surface area contributed by atoms with E-state index in [2.05, 4.69) is 15.5 Å². The summed E-state index contributed by atoms with van der Waals surface area (Å²) in [6, 6.07) is 8.19. The SMILES string of the molecule is Cc1cc(-c2nc(-c3ccc(F)cc3)no2)c(C)n1CC(=O)NC1CCCC1. The lowest BCUT2D eigenvalue weighted by Crippen LogP contribution is -2.35. The molecule has 28 heavy (non-hydrogen) atoms. The van der Waals surface area contributed by atoms with Gasteiger partial charge in [0.05, 0.1) is 5.56 Å². The van der Waals surface area contributed by atoms with Crippen molar-refractivity contribution >= 4 is 5.91 Å². The lowest BCUT2D eigenvalue weighted by Gasteiger charge is -2.14. The normalized spacial score (nSPS) is 14.5. The predicted molar refractivity (Wildman–Crippen MR) is 103 cm³/mol. The van der Waals surface area contributed by atoms with Crippen molar-refractivity contribution in [2.75, 3.05) is 0 Å². The average Bonchev–Trinajstić information content (AvgIpc) is 3.40. The summed E-state index contributed by atoms with van der Waals surface area (Å²) < 4.78 is 20.5. The lowest BCUT2D eigenvalue weighted by molar-refractivity contribution is -0.122. The summed E-state index contributed by atoms with van der Waals surface area (Å²) in [6.45, 7) is 4.16. The Kier molecular flexibility index (Phi) is 4.98. The summed E-state index contributed by atoms with van der Waals surface area (Å²) in [7, 11) is 0. The van der Waals surface area contributed by atoms with Crippen molar-refractivity contribution in [1.82, 2.24) is 20.0 Å². The van der Waals surface area contributed by atoms with Crippen LogP contribution in [0, 0.1) is 19.7 Å². The van der Waals surface area contributed by atoms with Crippen LogP contribution in [0.4, 0.5) is 4.39 Å². The molecule has 0 spiro atoms. The van der Waals surface area contributed by atoms with Crippen LogP contribution < -0.4 is 5.32 Å². The molecule has 1 aromatic carbocycles. The fraction of sp³-hybridized carbons (Fsp3) is 0.381. The Balaban J connectivity index is 1.54. The highest BCUT2D eigenvalue weighted by Crippen LogP contribution is 2.28. The molecule has 0 unspecified atom stereocenters. The van der Waals surface area contributed by atoms with Gasteiger partial charge in [-0.05, 0) is 57.0 Å². The van der Waals surface area contributed by atoms with Crippen molar-refractivity contribution in [3.8, 4) is 22.8 Å². The van der Waals surface area contributed by atoms with Gasteiger partial charge in [-0.3, -0.25) is 4.79 Å². The van der Waals surface area contributed by atoms with Crippen LogP contribution in [0.5, 0.6) is 0 Å². The van der Waals surface area contributed by atoms with Gasteiger partial charge in [-0.1, -0.05) is 18.0 Å². The Bertz CT molecular complexity index is 985. The molecule has 3 aromatic rings. The molecule has 0 radical (unpaired) electrons. The summed E-state index contributed by atoms with van der Waals surface area (Å²) in [5, 5.41) is 7.12. The zero-order valence-electron chi connectivity index (χ0n) is 16.0. The first-order chi connectivity index (χ1) is 13.5. The van der Waals surface area contributed by atoms with E-state index >= 15 is 0 Å². The monoisotopic (exact) mass is 382 g/mol. The second kappa shape index (κ2) is 7.58. The highest BCUT2D eigenvalue weighted by molar-refractivity contribution is 5.77. The van der Waals surface area contributed by atoms with Gasteiger partial charge in [-0.25, -0.2) is 4.39 Å². The topological polar surface area (TPSA) is 73.0 Å². The predicted octanol–water partition coefficient (Wildman–Crippen LogP) is 4.02. The second-order valence-corrected chi connectivity index (χ2v) is 7.35. The summed E-state index contributed by atoms with van der Waals surface area (Å²) in [6.07, 6.45) is 4.50. The van der Waals surface area contributed by atoms with Crippen LogP contribution >= 0.6 is 0 Å². The Hall–Kier alpha value is -2.96. The van der Waals surface area contributed by atoms with E-state index in [1.165, 1.54) is 25.0 Å². The number of carbonyl (C=O) groups is 1. The third-order valence-electron chi connectivity index (χ3n) is 5.35. The molecule has 1 aliphatic carbocycles. The zero-order chi connectivity index (χ0) is 19.7. The molecule has 0 bridgehead atoms. The van der Waals surface area contributed by atoms with Crippen molar-refractivity contribution in [3.05, 3.63) is 47.5 Å². The summed E-state index contributed by atoms with van der Waals surface area (Å²) >= 11 is 0. The smallest absolute Gasteiger partial charge is 0.260 e. The van der Waals surface area contributed by atoms with Crippen LogP contribution in [0.3, 0.4) is 0 Å². The maximum atomic E-state index is 13.1. The zero-order valence-corrected chi connectivity index (χ0v) is 16.0. The number of rotatable bonds is 5. The molecule has 1 fully saturated rings. The van der Waals surface area contributed by atoms with Crippen LogP contribution in [0.1, 0.15) is 37.1 Å². The largest absolute Gasteiger partial charge is 0.352 e. The summed E-state index contributed by atoms with van der Waals surface area (Å²) in [5.74, 6) is 0.498. The molecule has 1 N–H and O–H groups in total. The van der Waals surface area contributed by atoms with Gasteiger partial charge in [0.15, 0.2) is 0 Å². The minimum absolute atomic E-state index is 0.0257. The summed E-state index contributed by atoms with van der Waals surface area (Å²) in [5.41, 5.74) is 3.33. The second-order valence-electron chi connectivity index (χ2n) is 7.35. The van der Waals surface area contributed by atoms with E-state index in [4.69, 9.17) is 4.52 Å². The molecular weight excluding hydrogens is 359 g/mol. The van der Waals surface area contributed by atoms with Gasteiger partial charge in [0.2, 0.25) is 11.7 Å². The third-order valence-corrected chi connectivity index (χ3v) is 5.35. The fourth-order valence-corrected chi connectivity index (χ4v) is 3.80. The number of carbonyl (C=O) groups excluding carboxylic acids is 1. The van der Waals surface area contributed by atoms with E-state index in [-0.39, 0.29) is 18.3 Å². The van der Waals surface area contributed by atoms with Gasteiger partial charge >= 0.3 is 0 Å². The standard InChI is InChI=1S/C21H23FN4O2/c1-13-11-18(14(2)26(13)12-19(27)23-17-5-3-4-6-17)21-24-20(25-28-21)15-7-9-16(22)10-8-15/h7-11,17H,3-6,12H2,1-2H3,(H,23,27). The average molecular weight is 382 g/mol. The van der Waals surface area contributed by atoms with E-state index in [0.29, 0.717) is 23.3 Å². The molecule has 6 nitrogen and oxygen atoms in total. The van der Waals surface area contributed by atoms with Crippen LogP contribution in [-0.4, -0.2) is 26.7 Å².